The fraction of sp³-hybridized carbons (Fsp3) is 0.294. The second-order valence-corrected chi connectivity index (χ2v) is 5.37. The summed E-state index contributed by atoms with van der Waals surface area (Å²) in [7, 11) is 0. The molecule has 0 saturated heterocycles. The fourth-order valence-electron chi connectivity index (χ4n) is 2.79. The van der Waals surface area contributed by atoms with Crippen LogP contribution in [0, 0.1) is 5.82 Å². The van der Waals surface area contributed by atoms with Gasteiger partial charge in [-0.3, -0.25) is 0 Å². The predicted octanol–water partition coefficient (Wildman–Crippen LogP) is 4.00. The summed E-state index contributed by atoms with van der Waals surface area (Å²) in [4.78, 5) is 0. The lowest BCUT2D eigenvalue weighted by molar-refractivity contribution is 0.629. The highest BCUT2D eigenvalue weighted by molar-refractivity contribution is 5.67. The van der Waals surface area contributed by atoms with E-state index >= 15 is 0 Å². The van der Waals surface area contributed by atoms with Crippen molar-refractivity contribution in [2.45, 2.75) is 32.2 Å². The Hall–Kier alpha value is -1.67. The third-order valence-electron chi connectivity index (χ3n) is 3.93. The Labute approximate surface area is 113 Å². The zero-order chi connectivity index (χ0) is 13.4. The van der Waals surface area contributed by atoms with Gasteiger partial charge in [-0.1, -0.05) is 24.3 Å². The first-order valence-electron chi connectivity index (χ1n) is 6.82. The molecule has 98 valence electrons. The third-order valence-corrected chi connectivity index (χ3v) is 3.93. The van der Waals surface area contributed by atoms with Crippen LogP contribution < -0.4 is 5.73 Å². The fourth-order valence-corrected chi connectivity index (χ4v) is 2.79. The summed E-state index contributed by atoms with van der Waals surface area (Å²) in [5.74, 6) is -0.178. The molecule has 0 radical (unpaired) electrons. The van der Waals surface area contributed by atoms with E-state index in [1.165, 1.54) is 23.6 Å². The van der Waals surface area contributed by atoms with E-state index in [0.29, 0.717) is 5.56 Å². The highest BCUT2D eigenvalue weighted by Crippen LogP contribution is 2.30. The molecule has 1 nitrogen and oxygen atoms in total. The third kappa shape index (κ3) is 2.28. The summed E-state index contributed by atoms with van der Waals surface area (Å²) in [5, 5.41) is 0. The summed E-state index contributed by atoms with van der Waals surface area (Å²) in [6.07, 6.45) is 3.47. The first kappa shape index (κ1) is 12.4. The second-order valence-electron chi connectivity index (χ2n) is 5.37. The Morgan fingerprint density at radius 1 is 1.05 bits per heavy atom. The molecule has 2 N–H and O–H groups in total. The van der Waals surface area contributed by atoms with Crippen LogP contribution in [-0.4, -0.2) is 0 Å². The van der Waals surface area contributed by atoms with Gasteiger partial charge in [0.05, 0.1) is 0 Å². The number of fused-ring (bicyclic) bond motifs is 1. The molecule has 2 aromatic rings. The number of hydrogen-bond donors (Lipinski definition) is 1. The van der Waals surface area contributed by atoms with Crippen molar-refractivity contribution in [1.29, 1.82) is 0 Å². The number of nitrogens with two attached hydrogens (primary N) is 1. The van der Waals surface area contributed by atoms with Crippen molar-refractivity contribution in [3.8, 4) is 11.1 Å². The van der Waals surface area contributed by atoms with Crippen LogP contribution in [0.15, 0.2) is 36.4 Å². The molecule has 0 saturated carbocycles. The molecule has 0 aliphatic heterocycles. The number of halogens is 1. The summed E-state index contributed by atoms with van der Waals surface area (Å²) < 4.78 is 14.0. The largest absolute Gasteiger partial charge is 0.324 e. The van der Waals surface area contributed by atoms with Crippen LogP contribution in [0.5, 0.6) is 0 Å². The van der Waals surface area contributed by atoms with Gasteiger partial charge in [0.2, 0.25) is 0 Å². The molecule has 3 rings (SSSR count). The number of rotatable bonds is 2. The minimum atomic E-state index is -0.178. The zero-order valence-corrected chi connectivity index (χ0v) is 11.1. The smallest absolute Gasteiger partial charge is 0.131 e. The maximum atomic E-state index is 14.0. The molecule has 2 heteroatoms. The average molecular weight is 255 g/mol. The molecule has 0 aromatic heterocycles. The van der Waals surface area contributed by atoms with Gasteiger partial charge in [-0.25, -0.2) is 4.39 Å². The van der Waals surface area contributed by atoms with Crippen molar-refractivity contribution in [3.05, 3.63) is 58.9 Å². The Morgan fingerprint density at radius 2 is 1.84 bits per heavy atom. The SMILES string of the molecule is CC(N)c1ccc(F)c(-c2ccc3c(c2)CCC3)c1. The van der Waals surface area contributed by atoms with Crippen LogP contribution in [0.25, 0.3) is 11.1 Å². The molecule has 1 unspecified atom stereocenters. The minimum Gasteiger partial charge on any atom is -0.324 e. The number of aryl methyl sites for hydroxylation is 2. The van der Waals surface area contributed by atoms with Crippen molar-refractivity contribution >= 4 is 0 Å². The molecule has 0 amide bonds. The van der Waals surface area contributed by atoms with Crippen molar-refractivity contribution in [3.63, 3.8) is 0 Å². The van der Waals surface area contributed by atoms with E-state index in [0.717, 1.165) is 24.0 Å². The predicted molar refractivity (Wildman–Crippen MR) is 76.5 cm³/mol. The summed E-state index contributed by atoms with van der Waals surface area (Å²) >= 11 is 0. The molecule has 19 heavy (non-hydrogen) atoms. The van der Waals surface area contributed by atoms with Crippen LogP contribution in [0.4, 0.5) is 4.39 Å². The van der Waals surface area contributed by atoms with Crippen molar-refractivity contribution in [1.82, 2.24) is 0 Å². The maximum absolute atomic E-state index is 14.0. The van der Waals surface area contributed by atoms with Crippen LogP contribution in [0.3, 0.4) is 0 Å². The van der Waals surface area contributed by atoms with E-state index in [9.17, 15) is 4.39 Å². The van der Waals surface area contributed by atoms with Gasteiger partial charge in [-0.05, 0) is 60.6 Å². The van der Waals surface area contributed by atoms with E-state index in [1.807, 2.05) is 19.1 Å². The lowest BCUT2D eigenvalue weighted by atomic mass is 9.97. The van der Waals surface area contributed by atoms with Gasteiger partial charge in [-0.15, -0.1) is 0 Å². The van der Waals surface area contributed by atoms with E-state index in [-0.39, 0.29) is 11.9 Å². The van der Waals surface area contributed by atoms with Gasteiger partial charge in [0.15, 0.2) is 0 Å². The Bertz CT molecular complexity index is 617. The van der Waals surface area contributed by atoms with Crippen LogP contribution in [0.1, 0.15) is 36.1 Å². The van der Waals surface area contributed by atoms with Crippen LogP contribution in [-0.2, 0) is 12.8 Å². The summed E-state index contributed by atoms with van der Waals surface area (Å²) in [6, 6.07) is 11.4. The molecular weight excluding hydrogens is 237 g/mol. The van der Waals surface area contributed by atoms with Crippen LogP contribution >= 0.6 is 0 Å². The molecule has 0 bridgehead atoms. The maximum Gasteiger partial charge on any atom is 0.131 e. The molecular formula is C17H18FN. The molecule has 2 aromatic carbocycles. The highest BCUT2D eigenvalue weighted by atomic mass is 19.1. The van der Waals surface area contributed by atoms with Gasteiger partial charge >= 0.3 is 0 Å². The van der Waals surface area contributed by atoms with Crippen LogP contribution in [0.2, 0.25) is 0 Å². The Morgan fingerprint density at radius 3 is 2.63 bits per heavy atom. The first-order valence-corrected chi connectivity index (χ1v) is 6.82. The van der Waals surface area contributed by atoms with E-state index < -0.39 is 0 Å². The average Bonchev–Trinajstić information content (AvgIpc) is 2.86. The van der Waals surface area contributed by atoms with E-state index in [4.69, 9.17) is 5.73 Å². The molecule has 0 fully saturated rings. The molecule has 1 atom stereocenters. The van der Waals surface area contributed by atoms with Gasteiger partial charge < -0.3 is 5.73 Å². The van der Waals surface area contributed by atoms with Gasteiger partial charge in [0.25, 0.3) is 0 Å². The second kappa shape index (κ2) is 4.78. The molecule has 0 spiro atoms. The van der Waals surface area contributed by atoms with Gasteiger partial charge in [0.1, 0.15) is 5.82 Å². The van der Waals surface area contributed by atoms with Crippen molar-refractivity contribution < 1.29 is 4.39 Å². The Balaban J connectivity index is 2.08. The lowest BCUT2D eigenvalue weighted by Gasteiger charge is -2.11. The Kier molecular flexibility index (Phi) is 3.11. The number of hydrogen-bond acceptors (Lipinski definition) is 1. The molecule has 0 heterocycles. The van der Waals surface area contributed by atoms with Gasteiger partial charge in [-0.2, -0.15) is 0 Å². The van der Waals surface area contributed by atoms with E-state index in [2.05, 4.69) is 12.1 Å². The normalized spacial score (nSPS) is 15.3. The standard InChI is InChI=1S/C17H18FN/c1-11(19)13-7-8-17(18)16(10-13)15-6-5-12-3-2-4-14(12)9-15/h5-11H,2-4,19H2,1H3. The van der Waals surface area contributed by atoms with E-state index in [1.54, 1.807) is 6.07 Å². The first-order chi connectivity index (χ1) is 9.15. The number of benzene rings is 2. The zero-order valence-electron chi connectivity index (χ0n) is 11.1. The molecule has 1 aliphatic carbocycles. The highest BCUT2D eigenvalue weighted by Gasteiger charge is 2.14. The van der Waals surface area contributed by atoms with Gasteiger partial charge in [0, 0.05) is 11.6 Å². The topological polar surface area (TPSA) is 26.0 Å². The van der Waals surface area contributed by atoms with Crippen molar-refractivity contribution in [2.24, 2.45) is 5.73 Å². The lowest BCUT2D eigenvalue weighted by Crippen LogP contribution is -2.05. The minimum absolute atomic E-state index is 0.0752. The molecule has 1 aliphatic rings. The monoisotopic (exact) mass is 255 g/mol. The quantitative estimate of drug-likeness (QED) is 0.862. The van der Waals surface area contributed by atoms with Crippen molar-refractivity contribution in [2.75, 3.05) is 0 Å². The summed E-state index contributed by atoms with van der Waals surface area (Å²) in [5.41, 5.74) is 11.2. The summed E-state index contributed by atoms with van der Waals surface area (Å²) in [6.45, 7) is 1.92.